The molecule has 0 aliphatic heterocycles. The molecule has 0 saturated heterocycles. The Bertz CT molecular complexity index is 2070. The Morgan fingerprint density at radius 2 is 0.543 bits per heavy atom. The first-order valence-electron chi connectivity index (χ1n) is 37.2. The molecule has 546 valence electrons. The normalized spacial score (nSPS) is 14.4. The van der Waals surface area contributed by atoms with Crippen LogP contribution in [0.1, 0.15) is 323 Å². The van der Waals surface area contributed by atoms with Crippen molar-refractivity contribution in [3.63, 3.8) is 0 Å². The standard InChI is InChI=1S/C75H134O17P2/c1-5-9-13-17-21-25-29-32-34-37-41-44-48-52-56-60-73(78)86-66-71(92-75(80)62-58-54-50-46-42-38-35-33-30-26-22-18-14-10-6-2)68-90-94(83,84)88-64-69(76)63-87-93(81,82)89-67-70(91-74(79)61-57-53-49-45-39-28-24-20-16-12-8-4)65-85-72(77)59-55-51-47-43-40-36-31-27-23-19-15-11-7-3/h15,19,21-22,25-27,31-35,69-71,76H,5-14,16-18,20,23-24,28-30,36-68H2,1-4H3,(H,81,82)(H,83,84)/b19-15-,25-21-,26-22-,31-27-,34-32-,35-33-. The molecule has 0 spiro atoms. The number of esters is 4. The molecular formula is C75H134O17P2. The van der Waals surface area contributed by atoms with E-state index >= 15 is 0 Å². The van der Waals surface area contributed by atoms with Crippen molar-refractivity contribution in [1.29, 1.82) is 0 Å². The van der Waals surface area contributed by atoms with Crippen molar-refractivity contribution in [3.05, 3.63) is 72.9 Å². The summed E-state index contributed by atoms with van der Waals surface area (Å²) in [4.78, 5) is 72.7. The average Bonchev–Trinajstić information content (AvgIpc) is 1.22. The lowest BCUT2D eigenvalue weighted by Crippen LogP contribution is -2.30. The van der Waals surface area contributed by atoms with Crippen molar-refractivity contribution in [2.45, 2.75) is 341 Å². The van der Waals surface area contributed by atoms with E-state index in [1.165, 1.54) is 77.0 Å². The molecule has 19 heteroatoms. The maximum absolute atomic E-state index is 13.1. The molecular weight excluding hydrogens is 1230 g/mol. The van der Waals surface area contributed by atoms with Crippen molar-refractivity contribution in [1.82, 2.24) is 0 Å². The van der Waals surface area contributed by atoms with Crippen LogP contribution in [0.4, 0.5) is 0 Å². The first-order valence-corrected chi connectivity index (χ1v) is 40.2. The highest BCUT2D eigenvalue weighted by molar-refractivity contribution is 7.47. The average molecular weight is 1370 g/mol. The zero-order chi connectivity index (χ0) is 69.0. The summed E-state index contributed by atoms with van der Waals surface area (Å²) in [6.45, 7) is 4.72. The Labute approximate surface area is 571 Å². The summed E-state index contributed by atoms with van der Waals surface area (Å²) in [5.41, 5.74) is 0. The summed E-state index contributed by atoms with van der Waals surface area (Å²) in [7, 11) is -9.94. The van der Waals surface area contributed by atoms with Crippen LogP contribution in [-0.2, 0) is 65.4 Å². The molecule has 94 heavy (non-hydrogen) atoms. The molecule has 0 aromatic heterocycles. The van der Waals surface area contributed by atoms with Crippen LogP contribution >= 0.6 is 15.6 Å². The van der Waals surface area contributed by atoms with E-state index in [2.05, 4.69) is 101 Å². The first kappa shape index (κ1) is 90.5. The van der Waals surface area contributed by atoms with Gasteiger partial charge in [0.05, 0.1) is 26.4 Å². The minimum absolute atomic E-state index is 0.0781. The van der Waals surface area contributed by atoms with Gasteiger partial charge in [0.2, 0.25) is 0 Å². The number of phosphoric acid groups is 2. The minimum Gasteiger partial charge on any atom is -0.462 e. The lowest BCUT2D eigenvalue weighted by Gasteiger charge is -2.21. The number of ether oxygens (including phenoxy) is 4. The summed E-state index contributed by atoms with van der Waals surface area (Å²) < 4.78 is 68.3. The van der Waals surface area contributed by atoms with Gasteiger partial charge in [-0.1, -0.05) is 255 Å². The molecule has 0 bridgehead atoms. The third-order valence-electron chi connectivity index (χ3n) is 15.6. The Morgan fingerprint density at radius 3 is 0.851 bits per heavy atom. The molecule has 17 nitrogen and oxygen atoms in total. The molecule has 0 aliphatic carbocycles. The van der Waals surface area contributed by atoms with E-state index in [0.29, 0.717) is 25.7 Å². The van der Waals surface area contributed by atoms with Crippen LogP contribution in [0.15, 0.2) is 72.9 Å². The molecule has 3 N–H and O–H groups in total. The molecule has 5 atom stereocenters. The van der Waals surface area contributed by atoms with Crippen molar-refractivity contribution < 1.29 is 80.2 Å². The van der Waals surface area contributed by atoms with Gasteiger partial charge in [-0.15, -0.1) is 0 Å². The number of aliphatic hydroxyl groups is 1. The van der Waals surface area contributed by atoms with E-state index in [9.17, 15) is 43.2 Å². The molecule has 0 aromatic carbocycles. The van der Waals surface area contributed by atoms with Gasteiger partial charge in [0.1, 0.15) is 19.3 Å². The number of unbranched alkanes of at least 4 members (excludes halogenated alkanes) is 32. The summed E-state index contributed by atoms with van der Waals surface area (Å²) >= 11 is 0. The smallest absolute Gasteiger partial charge is 0.462 e. The molecule has 0 aromatic rings. The Balaban J connectivity index is 5.34. The highest BCUT2D eigenvalue weighted by Gasteiger charge is 2.30. The fourth-order valence-electron chi connectivity index (χ4n) is 9.91. The third-order valence-corrected chi connectivity index (χ3v) is 17.5. The molecule has 0 amide bonds. The number of hydrogen-bond donors (Lipinski definition) is 3. The summed E-state index contributed by atoms with van der Waals surface area (Å²) in [6.07, 6.45) is 66.1. The zero-order valence-electron chi connectivity index (χ0n) is 59.4. The number of carbonyl (C=O) groups excluding carboxylic acids is 4. The van der Waals surface area contributed by atoms with Gasteiger partial charge in [0, 0.05) is 25.7 Å². The number of aliphatic hydroxyl groups excluding tert-OH is 1. The summed E-state index contributed by atoms with van der Waals surface area (Å²) in [5.74, 6) is -2.20. The molecule has 0 fully saturated rings. The maximum atomic E-state index is 13.1. The van der Waals surface area contributed by atoms with Crippen molar-refractivity contribution in [3.8, 4) is 0 Å². The van der Waals surface area contributed by atoms with Gasteiger partial charge in [-0.3, -0.25) is 37.3 Å². The monoisotopic (exact) mass is 1370 g/mol. The highest BCUT2D eigenvalue weighted by atomic mass is 31.2. The van der Waals surface area contributed by atoms with E-state index in [1.54, 1.807) is 0 Å². The fourth-order valence-corrected chi connectivity index (χ4v) is 11.5. The number of allylic oxidation sites excluding steroid dienone is 12. The second-order valence-corrected chi connectivity index (χ2v) is 27.8. The van der Waals surface area contributed by atoms with Gasteiger partial charge < -0.3 is 33.8 Å². The number of phosphoric ester groups is 2. The van der Waals surface area contributed by atoms with Crippen LogP contribution in [0, 0.1) is 0 Å². The Hall–Kier alpha value is -3.50. The van der Waals surface area contributed by atoms with Crippen molar-refractivity contribution in [2.75, 3.05) is 39.6 Å². The number of rotatable bonds is 70. The summed E-state index contributed by atoms with van der Waals surface area (Å²) in [6, 6.07) is 0. The van der Waals surface area contributed by atoms with Gasteiger partial charge in [0.25, 0.3) is 0 Å². The molecule has 0 saturated carbocycles. The van der Waals surface area contributed by atoms with Gasteiger partial charge in [-0.05, 0) is 116 Å². The van der Waals surface area contributed by atoms with E-state index in [-0.39, 0.29) is 25.7 Å². The van der Waals surface area contributed by atoms with Crippen LogP contribution in [-0.4, -0.2) is 96.7 Å². The van der Waals surface area contributed by atoms with Gasteiger partial charge in [-0.25, -0.2) is 9.13 Å². The van der Waals surface area contributed by atoms with E-state index in [4.69, 9.17) is 37.0 Å². The molecule has 0 heterocycles. The summed E-state index contributed by atoms with van der Waals surface area (Å²) in [5, 5.41) is 10.6. The molecule has 0 rings (SSSR count). The SMILES string of the molecule is CCC/C=C\C/C=C\CCCCCCCC(=O)OCC(COP(=O)(O)OCC(O)COP(=O)(O)OCC(COC(=O)CCCCCCC/C=C\C/C=C\CCCCC)OC(=O)CCCCCCC/C=C\C/C=C\CCCCC)OC(=O)CCCCCCCCCCCCC. The number of carbonyl (C=O) groups is 4. The molecule has 5 unspecified atom stereocenters. The van der Waals surface area contributed by atoms with Gasteiger partial charge in [-0.2, -0.15) is 0 Å². The second-order valence-electron chi connectivity index (χ2n) is 24.9. The van der Waals surface area contributed by atoms with Crippen LogP contribution in [0.2, 0.25) is 0 Å². The van der Waals surface area contributed by atoms with Crippen LogP contribution in [0.5, 0.6) is 0 Å². The topological polar surface area (TPSA) is 237 Å². The second kappa shape index (κ2) is 68.0. The predicted octanol–water partition coefficient (Wildman–Crippen LogP) is 20.9. The van der Waals surface area contributed by atoms with E-state index in [0.717, 1.165) is 167 Å². The largest absolute Gasteiger partial charge is 0.472 e. The third kappa shape index (κ3) is 67.1. The van der Waals surface area contributed by atoms with E-state index < -0.39 is 97.5 Å². The lowest BCUT2D eigenvalue weighted by atomic mass is 10.1. The van der Waals surface area contributed by atoms with Crippen LogP contribution in [0.3, 0.4) is 0 Å². The van der Waals surface area contributed by atoms with Crippen molar-refractivity contribution in [2.24, 2.45) is 0 Å². The maximum Gasteiger partial charge on any atom is 0.472 e. The first-order chi connectivity index (χ1) is 45.7. The van der Waals surface area contributed by atoms with Crippen LogP contribution in [0.25, 0.3) is 0 Å². The predicted molar refractivity (Wildman–Crippen MR) is 381 cm³/mol. The fraction of sp³-hybridized carbons (Fsp3) is 0.787. The Morgan fingerprint density at radius 1 is 0.298 bits per heavy atom. The molecule has 0 radical (unpaired) electrons. The highest BCUT2D eigenvalue weighted by Crippen LogP contribution is 2.45. The van der Waals surface area contributed by atoms with Gasteiger partial charge in [0.15, 0.2) is 12.2 Å². The molecule has 0 aliphatic rings. The van der Waals surface area contributed by atoms with Gasteiger partial charge >= 0.3 is 39.5 Å². The minimum atomic E-state index is -4.97. The quantitative estimate of drug-likeness (QED) is 0.0169. The van der Waals surface area contributed by atoms with Crippen molar-refractivity contribution >= 4 is 39.5 Å². The lowest BCUT2D eigenvalue weighted by molar-refractivity contribution is -0.161. The van der Waals surface area contributed by atoms with Crippen LogP contribution < -0.4 is 0 Å². The Kier molecular flexibility index (Phi) is 65.5. The number of hydrogen-bond acceptors (Lipinski definition) is 15. The van der Waals surface area contributed by atoms with E-state index in [1.807, 2.05) is 0 Å². The zero-order valence-corrected chi connectivity index (χ0v) is 61.2.